The smallest absolute Gasteiger partial charge is 0.0900 e. The fourth-order valence-electron chi connectivity index (χ4n) is 2.79. The second-order valence-electron chi connectivity index (χ2n) is 4.69. The van der Waals surface area contributed by atoms with Crippen molar-refractivity contribution in [1.82, 2.24) is 4.90 Å². The Hall–Kier alpha value is -0.160. The monoisotopic (exact) mass is 230 g/mol. The summed E-state index contributed by atoms with van der Waals surface area (Å²) < 4.78 is 4.96. The third-order valence-corrected chi connectivity index (χ3v) is 3.60. The summed E-state index contributed by atoms with van der Waals surface area (Å²) in [5.74, 6) is 0.606. The number of ether oxygens (including phenoxy) is 1. The SMILES string of the molecule is CCN(CC(O)COC)C1CCCC1CN. The molecule has 1 aliphatic rings. The van der Waals surface area contributed by atoms with E-state index in [0.29, 0.717) is 25.1 Å². The van der Waals surface area contributed by atoms with Gasteiger partial charge >= 0.3 is 0 Å². The summed E-state index contributed by atoms with van der Waals surface area (Å²) in [7, 11) is 1.62. The van der Waals surface area contributed by atoms with E-state index in [1.807, 2.05) is 0 Å². The third kappa shape index (κ3) is 3.70. The summed E-state index contributed by atoms with van der Waals surface area (Å²) >= 11 is 0. The second-order valence-corrected chi connectivity index (χ2v) is 4.69. The molecule has 3 unspecified atom stereocenters. The number of hydrogen-bond acceptors (Lipinski definition) is 4. The quantitative estimate of drug-likeness (QED) is 0.666. The van der Waals surface area contributed by atoms with Crippen molar-refractivity contribution in [2.75, 3.05) is 33.4 Å². The van der Waals surface area contributed by atoms with Crippen molar-refractivity contribution in [2.45, 2.75) is 38.3 Å². The minimum absolute atomic E-state index is 0.385. The van der Waals surface area contributed by atoms with Crippen LogP contribution in [0.5, 0.6) is 0 Å². The van der Waals surface area contributed by atoms with Crippen LogP contribution >= 0.6 is 0 Å². The van der Waals surface area contributed by atoms with Gasteiger partial charge in [-0.15, -0.1) is 0 Å². The molecule has 1 aliphatic carbocycles. The van der Waals surface area contributed by atoms with Crippen LogP contribution in [-0.4, -0.2) is 55.5 Å². The van der Waals surface area contributed by atoms with E-state index in [9.17, 15) is 5.11 Å². The summed E-state index contributed by atoms with van der Waals surface area (Å²) in [5.41, 5.74) is 5.79. The van der Waals surface area contributed by atoms with Crippen LogP contribution in [0, 0.1) is 5.92 Å². The van der Waals surface area contributed by atoms with Gasteiger partial charge in [-0.2, -0.15) is 0 Å². The molecular formula is C12H26N2O2. The maximum Gasteiger partial charge on any atom is 0.0900 e. The number of methoxy groups -OCH3 is 1. The molecule has 0 saturated heterocycles. The summed E-state index contributed by atoms with van der Waals surface area (Å²) in [5, 5.41) is 9.77. The maximum absolute atomic E-state index is 9.77. The van der Waals surface area contributed by atoms with Crippen molar-refractivity contribution in [3.8, 4) is 0 Å². The van der Waals surface area contributed by atoms with Gasteiger partial charge in [0.25, 0.3) is 0 Å². The molecule has 3 atom stereocenters. The highest BCUT2D eigenvalue weighted by Gasteiger charge is 2.31. The molecule has 4 nitrogen and oxygen atoms in total. The Morgan fingerprint density at radius 3 is 2.81 bits per heavy atom. The molecule has 4 heteroatoms. The molecular weight excluding hydrogens is 204 g/mol. The first kappa shape index (κ1) is 13.9. The van der Waals surface area contributed by atoms with Crippen LogP contribution in [0.4, 0.5) is 0 Å². The topological polar surface area (TPSA) is 58.7 Å². The van der Waals surface area contributed by atoms with Gasteiger partial charge < -0.3 is 15.6 Å². The average Bonchev–Trinajstić information content (AvgIpc) is 2.74. The molecule has 1 fully saturated rings. The summed E-state index contributed by atoms with van der Waals surface area (Å²) in [4.78, 5) is 2.36. The standard InChI is InChI=1S/C12H26N2O2/c1-3-14(8-11(15)9-16-2)12-6-4-5-10(12)7-13/h10-12,15H,3-9,13H2,1-2H3. The van der Waals surface area contributed by atoms with Gasteiger partial charge in [0.15, 0.2) is 0 Å². The number of hydrogen-bond donors (Lipinski definition) is 2. The van der Waals surface area contributed by atoms with E-state index in [1.165, 1.54) is 19.3 Å². The first-order chi connectivity index (χ1) is 7.72. The van der Waals surface area contributed by atoms with Crippen LogP contribution in [0.1, 0.15) is 26.2 Å². The number of likely N-dealkylation sites (N-methyl/N-ethyl adjacent to an activating group) is 1. The largest absolute Gasteiger partial charge is 0.389 e. The van der Waals surface area contributed by atoms with Gasteiger partial charge in [-0.25, -0.2) is 0 Å². The van der Waals surface area contributed by atoms with Crippen molar-refractivity contribution in [3.05, 3.63) is 0 Å². The summed E-state index contributed by atoms with van der Waals surface area (Å²) in [6.45, 7) is 5.00. The highest BCUT2D eigenvalue weighted by Crippen LogP contribution is 2.29. The minimum atomic E-state index is -0.385. The fraction of sp³-hybridized carbons (Fsp3) is 1.00. The van der Waals surface area contributed by atoms with Crippen molar-refractivity contribution in [3.63, 3.8) is 0 Å². The Balaban J connectivity index is 2.46. The van der Waals surface area contributed by atoms with E-state index in [2.05, 4.69) is 11.8 Å². The molecule has 0 heterocycles. The van der Waals surface area contributed by atoms with Gasteiger partial charge in [-0.1, -0.05) is 13.3 Å². The van der Waals surface area contributed by atoms with E-state index in [-0.39, 0.29) is 6.10 Å². The van der Waals surface area contributed by atoms with Crippen LogP contribution < -0.4 is 5.73 Å². The molecule has 0 amide bonds. The first-order valence-electron chi connectivity index (χ1n) is 6.34. The zero-order valence-corrected chi connectivity index (χ0v) is 10.6. The van der Waals surface area contributed by atoms with Crippen molar-refractivity contribution < 1.29 is 9.84 Å². The van der Waals surface area contributed by atoms with Crippen molar-refractivity contribution in [1.29, 1.82) is 0 Å². The molecule has 0 aromatic heterocycles. The lowest BCUT2D eigenvalue weighted by Crippen LogP contribution is -2.44. The van der Waals surface area contributed by atoms with Gasteiger partial charge in [0.1, 0.15) is 0 Å². The van der Waals surface area contributed by atoms with E-state index in [0.717, 1.165) is 13.1 Å². The number of aliphatic hydroxyl groups is 1. The van der Waals surface area contributed by atoms with E-state index in [1.54, 1.807) is 7.11 Å². The minimum Gasteiger partial charge on any atom is -0.389 e. The molecule has 1 saturated carbocycles. The first-order valence-corrected chi connectivity index (χ1v) is 6.34. The Morgan fingerprint density at radius 2 is 2.25 bits per heavy atom. The zero-order chi connectivity index (χ0) is 12.0. The number of nitrogens with zero attached hydrogens (tertiary/aromatic N) is 1. The predicted octanol–water partition coefficient (Wildman–Crippen LogP) is 0.443. The Labute approximate surface area is 98.8 Å². The Kier molecular flexibility index (Phi) is 6.28. The predicted molar refractivity (Wildman–Crippen MR) is 65.3 cm³/mol. The van der Waals surface area contributed by atoms with Crippen LogP contribution in [0.25, 0.3) is 0 Å². The molecule has 0 spiro atoms. The van der Waals surface area contributed by atoms with Crippen LogP contribution in [0.2, 0.25) is 0 Å². The normalized spacial score (nSPS) is 27.6. The lowest BCUT2D eigenvalue weighted by atomic mass is 10.0. The van der Waals surface area contributed by atoms with Gasteiger partial charge in [-0.05, 0) is 31.8 Å². The zero-order valence-electron chi connectivity index (χ0n) is 10.6. The average molecular weight is 230 g/mol. The highest BCUT2D eigenvalue weighted by atomic mass is 16.5. The van der Waals surface area contributed by atoms with E-state index >= 15 is 0 Å². The number of aliphatic hydroxyl groups excluding tert-OH is 1. The molecule has 0 aromatic rings. The van der Waals surface area contributed by atoms with E-state index in [4.69, 9.17) is 10.5 Å². The number of rotatable bonds is 7. The Morgan fingerprint density at radius 1 is 1.50 bits per heavy atom. The van der Waals surface area contributed by atoms with Gasteiger partial charge in [-0.3, -0.25) is 4.90 Å². The molecule has 0 aromatic carbocycles. The molecule has 0 aliphatic heterocycles. The molecule has 16 heavy (non-hydrogen) atoms. The van der Waals surface area contributed by atoms with Crippen molar-refractivity contribution in [2.24, 2.45) is 11.7 Å². The van der Waals surface area contributed by atoms with Crippen LogP contribution in [-0.2, 0) is 4.74 Å². The lowest BCUT2D eigenvalue weighted by Gasteiger charge is -2.33. The lowest BCUT2D eigenvalue weighted by molar-refractivity contribution is 0.0233. The maximum atomic E-state index is 9.77. The van der Waals surface area contributed by atoms with Gasteiger partial charge in [0.05, 0.1) is 12.7 Å². The summed E-state index contributed by atoms with van der Waals surface area (Å²) in [6, 6.07) is 0.557. The highest BCUT2D eigenvalue weighted by molar-refractivity contribution is 4.86. The van der Waals surface area contributed by atoms with Gasteiger partial charge in [0.2, 0.25) is 0 Å². The molecule has 96 valence electrons. The molecule has 3 N–H and O–H groups in total. The molecule has 0 bridgehead atoms. The number of nitrogens with two attached hydrogens (primary N) is 1. The van der Waals surface area contributed by atoms with E-state index < -0.39 is 0 Å². The molecule has 0 radical (unpaired) electrons. The molecule has 1 rings (SSSR count). The van der Waals surface area contributed by atoms with Crippen molar-refractivity contribution >= 4 is 0 Å². The van der Waals surface area contributed by atoms with Crippen LogP contribution in [0.3, 0.4) is 0 Å². The Bertz CT molecular complexity index is 190. The third-order valence-electron chi connectivity index (χ3n) is 3.60. The van der Waals surface area contributed by atoms with Crippen LogP contribution in [0.15, 0.2) is 0 Å². The second kappa shape index (κ2) is 7.22. The van der Waals surface area contributed by atoms with Gasteiger partial charge in [0, 0.05) is 19.7 Å². The summed E-state index contributed by atoms with van der Waals surface area (Å²) in [6.07, 6.45) is 3.33. The fourth-order valence-corrected chi connectivity index (χ4v) is 2.79.